The minimum atomic E-state index is -0.0787. The minimum absolute atomic E-state index is 0.0787. The summed E-state index contributed by atoms with van der Waals surface area (Å²) in [7, 11) is 0. The molecule has 5 heteroatoms. The molecule has 0 radical (unpaired) electrons. The molecule has 0 saturated heterocycles. The van der Waals surface area contributed by atoms with Gasteiger partial charge in [0.25, 0.3) is 5.91 Å². The topological polar surface area (TPSA) is 66.9 Å². The number of hydrogen-bond acceptors (Lipinski definition) is 4. The predicted octanol–water partition coefficient (Wildman–Crippen LogP) is 4.29. The lowest BCUT2D eigenvalue weighted by molar-refractivity contribution is 0.0932. The fraction of sp³-hybridized carbons (Fsp3) is 0.450. The van der Waals surface area contributed by atoms with Crippen LogP contribution >= 0.6 is 0 Å². The Balaban J connectivity index is 1.62. The molecule has 1 saturated carbocycles. The Kier molecular flexibility index (Phi) is 5.64. The summed E-state index contributed by atoms with van der Waals surface area (Å²) in [4.78, 5) is 20.9. The van der Waals surface area contributed by atoms with Crippen molar-refractivity contribution in [3.63, 3.8) is 0 Å². The first kappa shape index (κ1) is 17.4. The highest BCUT2D eigenvalue weighted by atomic mass is 16.1. The Hall–Kier alpha value is -2.43. The van der Waals surface area contributed by atoms with Crippen LogP contribution < -0.4 is 10.6 Å². The standard InChI is InChI=1S/C20H26N4O/c1-14-9-10-18(15(2)11-14)24-20-21-12-16(13-22-20)19(25)23-17-7-5-3-4-6-8-17/h9-13,17H,3-8H2,1-2H3,(H,23,25)(H,21,22,24). The number of hydrogen-bond donors (Lipinski definition) is 2. The molecule has 3 rings (SSSR count). The van der Waals surface area contributed by atoms with E-state index in [0.717, 1.165) is 24.1 Å². The van der Waals surface area contributed by atoms with Crippen LogP contribution in [0.4, 0.5) is 11.6 Å². The van der Waals surface area contributed by atoms with Gasteiger partial charge >= 0.3 is 0 Å². The van der Waals surface area contributed by atoms with Gasteiger partial charge in [0.15, 0.2) is 0 Å². The van der Waals surface area contributed by atoms with Crippen molar-refractivity contribution in [2.24, 2.45) is 0 Å². The lowest BCUT2D eigenvalue weighted by atomic mass is 10.1. The van der Waals surface area contributed by atoms with Crippen LogP contribution in [0, 0.1) is 13.8 Å². The quantitative estimate of drug-likeness (QED) is 0.816. The molecule has 25 heavy (non-hydrogen) atoms. The van der Waals surface area contributed by atoms with Crippen molar-refractivity contribution in [1.82, 2.24) is 15.3 Å². The van der Waals surface area contributed by atoms with Gasteiger partial charge in [-0.3, -0.25) is 4.79 Å². The van der Waals surface area contributed by atoms with Crippen LogP contribution in [0.15, 0.2) is 30.6 Å². The van der Waals surface area contributed by atoms with Gasteiger partial charge in [0.05, 0.1) is 5.56 Å². The van der Waals surface area contributed by atoms with E-state index in [1.807, 2.05) is 19.1 Å². The summed E-state index contributed by atoms with van der Waals surface area (Å²) in [5.74, 6) is 0.419. The van der Waals surface area contributed by atoms with E-state index in [2.05, 4.69) is 33.6 Å². The zero-order valence-corrected chi connectivity index (χ0v) is 15.0. The van der Waals surface area contributed by atoms with Crippen molar-refractivity contribution < 1.29 is 4.79 Å². The minimum Gasteiger partial charge on any atom is -0.349 e. The molecule has 5 nitrogen and oxygen atoms in total. The number of nitrogens with one attached hydrogen (secondary N) is 2. The first-order chi connectivity index (χ1) is 12.1. The third-order valence-electron chi connectivity index (χ3n) is 4.73. The summed E-state index contributed by atoms with van der Waals surface area (Å²) in [6.07, 6.45) is 10.2. The number of amides is 1. The smallest absolute Gasteiger partial charge is 0.254 e. The number of nitrogens with zero attached hydrogens (tertiary/aromatic N) is 2. The molecular weight excluding hydrogens is 312 g/mol. The Morgan fingerprint density at radius 3 is 2.36 bits per heavy atom. The number of aryl methyl sites for hydroxylation is 2. The molecular formula is C20H26N4O. The molecule has 1 aliphatic carbocycles. The van der Waals surface area contributed by atoms with Crippen LogP contribution in [0.25, 0.3) is 0 Å². The maximum Gasteiger partial charge on any atom is 0.254 e. The van der Waals surface area contributed by atoms with E-state index in [0.29, 0.717) is 11.5 Å². The van der Waals surface area contributed by atoms with Crippen molar-refractivity contribution in [3.05, 3.63) is 47.3 Å². The summed E-state index contributed by atoms with van der Waals surface area (Å²) < 4.78 is 0. The average molecular weight is 338 g/mol. The van der Waals surface area contributed by atoms with Crippen molar-refractivity contribution in [2.75, 3.05) is 5.32 Å². The second-order valence-electron chi connectivity index (χ2n) is 6.90. The van der Waals surface area contributed by atoms with Gasteiger partial charge in [-0.1, -0.05) is 43.4 Å². The first-order valence-electron chi connectivity index (χ1n) is 9.09. The molecule has 0 atom stereocenters. The van der Waals surface area contributed by atoms with Gasteiger partial charge in [0.1, 0.15) is 0 Å². The number of benzene rings is 1. The summed E-state index contributed by atoms with van der Waals surface area (Å²) in [5.41, 5.74) is 3.84. The normalized spacial score (nSPS) is 15.4. The van der Waals surface area contributed by atoms with Crippen LogP contribution in [-0.2, 0) is 0 Å². The molecule has 1 amide bonds. The second kappa shape index (κ2) is 8.10. The number of rotatable bonds is 4. The maximum atomic E-state index is 12.4. The molecule has 132 valence electrons. The molecule has 1 aliphatic rings. The number of carbonyl (C=O) groups is 1. The third kappa shape index (κ3) is 4.78. The first-order valence-corrected chi connectivity index (χ1v) is 9.09. The Morgan fingerprint density at radius 2 is 1.72 bits per heavy atom. The van der Waals surface area contributed by atoms with Crippen LogP contribution in [0.2, 0.25) is 0 Å². The fourth-order valence-corrected chi connectivity index (χ4v) is 3.28. The molecule has 2 N–H and O–H groups in total. The summed E-state index contributed by atoms with van der Waals surface area (Å²) in [6, 6.07) is 6.45. The Morgan fingerprint density at radius 1 is 1.04 bits per heavy atom. The molecule has 1 heterocycles. The Bertz CT molecular complexity index is 719. The van der Waals surface area contributed by atoms with Gasteiger partial charge < -0.3 is 10.6 Å². The lowest BCUT2D eigenvalue weighted by Crippen LogP contribution is -2.34. The van der Waals surface area contributed by atoms with Gasteiger partial charge in [-0.05, 0) is 38.3 Å². The van der Waals surface area contributed by atoms with Gasteiger partial charge in [0, 0.05) is 24.1 Å². The van der Waals surface area contributed by atoms with E-state index in [4.69, 9.17) is 0 Å². The van der Waals surface area contributed by atoms with Crippen LogP contribution in [0.1, 0.15) is 60.0 Å². The molecule has 1 aromatic heterocycles. The third-order valence-corrected chi connectivity index (χ3v) is 4.73. The van der Waals surface area contributed by atoms with Gasteiger partial charge in [0.2, 0.25) is 5.95 Å². The number of carbonyl (C=O) groups excluding carboxylic acids is 1. The van der Waals surface area contributed by atoms with Gasteiger partial charge in [-0.15, -0.1) is 0 Å². The highest BCUT2D eigenvalue weighted by Crippen LogP contribution is 2.20. The summed E-state index contributed by atoms with van der Waals surface area (Å²) >= 11 is 0. The van der Waals surface area contributed by atoms with Crippen LogP contribution in [0.3, 0.4) is 0 Å². The van der Waals surface area contributed by atoms with E-state index in [1.54, 1.807) is 12.4 Å². The lowest BCUT2D eigenvalue weighted by Gasteiger charge is -2.16. The molecule has 0 unspecified atom stereocenters. The second-order valence-corrected chi connectivity index (χ2v) is 6.90. The van der Waals surface area contributed by atoms with Gasteiger partial charge in [-0.2, -0.15) is 0 Å². The molecule has 0 spiro atoms. The van der Waals surface area contributed by atoms with Crippen molar-refractivity contribution in [2.45, 2.75) is 58.4 Å². The number of aromatic nitrogens is 2. The zero-order chi connectivity index (χ0) is 17.6. The molecule has 0 aliphatic heterocycles. The van der Waals surface area contributed by atoms with E-state index in [9.17, 15) is 4.79 Å². The van der Waals surface area contributed by atoms with E-state index >= 15 is 0 Å². The van der Waals surface area contributed by atoms with Crippen molar-refractivity contribution >= 4 is 17.5 Å². The summed E-state index contributed by atoms with van der Waals surface area (Å²) in [5, 5.41) is 6.32. The Labute approximate surface area is 149 Å². The van der Waals surface area contributed by atoms with Crippen LogP contribution in [-0.4, -0.2) is 21.9 Å². The molecule has 0 bridgehead atoms. The fourth-order valence-electron chi connectivity index (χ4n) is 3.28. The average Bonchev–Trinajstić information content (AvgIpc) is 2.87. The van der Waals surface area contributed by atoms with Crippen LogP contribution in [0.5, 0.6) is 0 Å². The summed E-state index contributed by atoms with van der Waals surface area (Å²) in [6.45, 7) is 4.11. The number of anilines is 2. The van der Waals surface area contributed by atoms with Crippen molar-refractivity contribution in [3.8, 4) is 0 Å². The predicted molar refractivity (Wildman–Crippen MR) is 100 cm³/mol. The largest absolute Gasteiger partial charge is 0.349 e. The van der Waals surface area contributed by atoms with E-state index in [-0.39, 0.29) is 11.9 Å². The monoisotopic (exact) mass is 338 g/mol. The molecule has 1 fully saturated rings. The SMILES string of the molecule is Cc1ccc(Nc2ncc(C(=O)NC3CCCCCC3)cn2)c(C)c1. The molecule has 2 aromatic rings. The maximum absolute atomic E-state index is 12.4. The molecule has 1 aromatic carbocycles. The van der Waals surface area contributed by atoms with E-state index in [1.165, 1.54) is 31.2 Å². The highest BCUT2D eigenvalue weighted by molar-refractivity contribution is 5.93. The van der Waals surface area contributed by atoms with E-state index < -0.39 is 0 Å². The van der Waals surface area contributed by atoms with Crippen molar-refractivity contribution in [1.29, 1.82) is 0 Å². The highest BCUT2D eigenvalue weighted by Gasteiger charge is 2.16. The van der Waals surface area contributed by atoms with Gasteiger partial charge in [-0.25, -0.2) is 9.97 Å². The zero-order valence-electron chi connectivity index (χ0n) is 15.0.